The van der Waals surface area contributed by atoms with Crippen LogP contribution in [0.1, 0.15) is 69.9 Å². The second-order valence-corrected chi connectivity index (χ2v) is 6.94. The van der Waals surface area contributed by atoms with Crippen LogP contribution >= 0.6 is 0 Å². The molecular formula is C20H33N. The molecular weight excluding hydrogens is 254 g/mol. The fourth-order valence-corrected chi connectivity index (χ4v) is 4.31. The monoisotopic (exact) mass is 287 g/mol. The van der Waals surface area contributed by atoms with Gasteiger partial charge < -0.3 is 5.32 Å². The summed E-state index contributed by atoms with van der Waals surface area (Å²) >= 11 is 0. The summed E-state index contributed by atoms with van der Waals surface area (Å²) in [7, 11) is 2.12. The quantitative estimate of drug-likeness (QED) is 0.702. The van der Waals surface area contributed by atoms with Gasteiger partial charge in [0.1, 0.15) is 0 Å². The van der Waals surface area contributed by atoms with Crippen LogP contribution in [0.5, 0.6) is 0 Å². The lowest BCUT2D eigenvalue weighted by Crippen LogP contribution is -2.41. The largest absolute Gasteiger partial charge is 0.319 e. The second kappa shape index (κ2) is 7.98. The number of fused-ring (bicyclic) bond motifs is 1. The molecule has 0 saturated carbocycles. The Bertz CT molecular complexity index is 426. The maximum Gasteiger partial charge on any atom is 0.00831 e. The molecule has 21 heavy (non-hydrogen) atoms. The molecule has 0 fully saturated rings. The van der Waals surface area contributed by atoms with Gasteiger partial charge in [-0.05, 0) is 49.8 Å². The van der Waals surface area contributed by atoms with Gasteiger partial charge in [-0.15, -0.1) is 0 Å². The molecule has 2 rings (SSSR count). The average Bonchev–Trinajstić information content (AvgIpc) is 2.52. The van der Waals surface area contributed by atoms with Gasteiger partial charge in [-0.3, -0.25) is 0 Å². The Balaban J connectivity index is 2.24. The third-order valence-corrected chi connectivity index (χ3v) is 5.43. The van der Waals surface area contributed by atoms with Crippen LogP contribution in [-0.2, 0) is 11.8 Å². The summed E-state index contributed by atoms with van der Waals surface area (Å²) in [6.07, 6.45) is 10.8. The SMILES string of the molecule is CCCCC(CC)CC1(CNC)CCCc2ccccc21. The van der Waals surface area contributed by atoms with Gasteiger partial charge >= 0.3 is 0 Å². The highest BCUT2D eigenvalue weighted by Gasteiger charge is 2.37. The summed E-state index contributed by atoms with van der Waals surface area (Å²) < 4.78 is 0. The predicted molar refractivity (Wildman–Crippen MR) is 92.9 cm³/mol. The van der Waals surface area contributed by atoms with E-state index in [0.717, 1.165) is 12.5 Å². The van der Waals surface area contributed by atoms with Gasteiger partial charge in [0, 0.05) is 12.0 Å². The van der Waals surface area contributed by atoms with E-state index < -0.39 is 0 Å². The highest BCUT2D eigenvalue weighted by molar-refractivity contribution is 5.37. The third kappa shape index (κ3) is 3.88. The molecule has 2 unspecified atom stereocenters. The molecule has 0 amide bonds. The van der Waals surface area contributed by atoms with Crippen molar-refractivity contribution < 1.29 is 0 Å². The van der Waals surface area contributed by atoms with Gasteiger partial charge in [0.05, 0.1) is 0 Å². The Morgan fingerprint density at radius 2 is 2.05 bits per heavy atom. The van der Waals surface area contributed by atoms with Gasteiger partial charge in [0.25, 0.3) is 0 Å². The lowest BCUT2D eigenvalue weighted by Gasteiger charge is -2.41. The summed E-state index contributed by atoms with van der Waals surface area (Å²) in [5.41, 5.74) is 3.61. The number of hydrogen-bond acceptors (Lipinski definition) is 1. The number of hydrogen-bond donors (Lipinski definition) is 1. The molecule has 0 aromatic heterocycles. The molecule has 0 saturated heterocycles. The van der Waals surface area contributed by atoms with Crippen LogP contribution < -0.4 is 5.32 Å². The highest BCUT2D eigenvalue weighted by atomic mass is 14.8. The van der Waals surface area contributed by atoms with E-state index in [1.807, 2.05) is 0 Å². The maximum absolute atomic E-state index is 3.50. The topological polar surface area (TPSA) is 12.0 Å². The molecule has 1 aliphatic carbocycles. The van der Waals surface area contributed by atoms with Crippen LogP contribution in [0.15, 0.2) is 24.3 Å². The Morgan fingerprint density at radius 3 is 2.76 bits per heavy atom. The molecule has 1 nitrogen and oxygen atoms in total. The Kier molecular flexibility index (Phi) is 6.29. The predicted octanol–water partition coefficient (Wildman–Crippen LogP) is 5.09. The van der Waals surface area contributed by atoms with Crippen LogP contribution in [0, 0.1) is 5.92 Å². The van der Waals surface area contributed by atoms with Crippen molar-refractivity contribution >= 4 is 0 Å². The minimum absolute atomic E-state index is 0.373. The number of benzene rings is 1. The minimum atomic E-state index is 0.373. The molecule has 1 heteroatoms. The van der Waals surface area contributed by atoms with E-state index in [1.54, 1.807) is 11.1 Å². The Hall–Kier alpha value is -0.820. The molecule has 0 bridgehead atoms. The van der Waals surface area contributed by atoms with Gasteiger partial charge in [-0.25, -0.2) is 0 Å². The van der Waals surface area contributed by atoms with Crippen molar-refractivity contribution in [3.8, 4) is 0 Å². The summed E-state index contributed by atoms with van der Waals surface area (Å²) in [5, 5.41) is 3.50. The summed E-state index contributed by atoms with van der Waals surface area (Å²) in [4.78, 5) is 0. The average molecular weight is 287 g/mol. The molecule has 0 heterocycles. The van der Waals surface area contributed by atoms with E-state index >= 15 is 0 Å². The first kappa shape index (κ1) is 16.5. The van der Waals surface area contributed by atoms with Crippen LogP contribution in [0.2, 0.25) is 0 Å². The third-order valence-electron chi connectivity index (χ3n) is 5.43. The molecule has 118 valence electrons. The summed E-state index contributed by atoms with van der Waals surface area (Å²) in [5.74, 6) is 0.879. The van der Waals surface area contributed by atoms with Crippen molar-refractivity contribution in [2.24, 2.45) is 5.92 Å². The van der Waals surface area contributed by atoms with Crippen LogP contribution in [0.4, 0.5) is 0 Å². The van der Waals surface area contributed by atoms with Crippen molar-refractivity contribution in [2.75, 3.05) is 13.6 Å². The van der Waals surface area contributed by atoms with Crippen molar-refractivity contribution in [1.82, 2.24) is 5.32 Å². The van der Waals surface area contributed by atoms with E-state index in [-0.39, 0.29) is 0 Å². The van der Waals surface area contributed by atoms with Crippen molar-refractivity contribution in [2.45, 2.75) is 70.6 Å². The van der Waals surface area contributed by atoms with Crippen molar-refractivity contribution in [3.05, 3.63) is 35.4 Å². The second-order valence-electron chi connectivity index (χ2n) is 6.94. The zero-order valence-electron chi connectivity index (χ0n) is 14.3. The van der Waals surface area contributed by atoms with Crippen LogP contribution in [0.25, 0.3) is 0 Å². The van der Waals surface area contributed by atoms with Crippen molar-refractivity contribution in [1.29, 1.82) is 0 Å². The number of likely N-dealkylation sites (N-methyl/N-ethyl adjacent to an activating group) is 1. The Labute approximate surface area is 131 Å². The number of aryl methyl sites for hydroxylation is 1. The van der Waals surface area contributed by atoms with Crippen LogP contribution in [0.3, 0.4) is 0 Å². The lowest BCUT2D eigenvalue weighted by molar-refractivity contribution is 0.253. The first-order valence-electron chi connectivity index (χ1n) is 8.98. The van der Waals surface area contributed by atoms with Crippen molar-refractivity contribution in [3.63, 3.8) is 0 Å². The van der Waals surface area contributed by atoms with E-state index in [2.05, 4.69) is 50.5 Å². The zero-order valence-corrected chi connectivity index (χ0v) is 14.3. The van der Waals surface area contributed by atoms with E-state index in [9.17, 15) is 0 Å². The normalized spacial score (nSPS) is 22.8. The standard InChI is InChI=1S/C20H33N/c1-4-6-10-17(5-2)15-20(16-21-3)14-9-12-18-11-7-8-13-19(18)20/h7-8,11,13,17,21H,4-6,9-10,12,14-16H2,1-3H3. The maximum atomic E-state index is 3.50. The molecule has 0 spiro atoms. The molecule has 0 aliphatic heterocycles. The number of nitrogens with one attached hydrogen (secondary N) is 1. The van der Waals surface area contributed by atoms with Gasteiger partial charge in [-0.1, -0.05) is 63.8 Å². The molecule has 1 aromatic carbocycles. The van der Waals surface area contributed by atoms with E-state index in [1.165, 1.54) is 51.4 Å². The molecule has 1 aromatic rings. The van der Waals surface area contributed by atoms with Crippen LogP contribution in [-0.4, -0.2) is 13.6 Å². The van der Waals surface area contributed by atoms with Gasteiger partial charge in [-0.2, -0.15) is 0 Å². The zero-order chi connectivity index (χ0) is 15.1. The number of rotatable bonds is 8. The van der Waals surface area contributed by atoms with E-state index in [0.29, 0.717) is 5.41 Å². The molecule has 2 atom stereocenters. The first-order chi connectivity index (χ1) is 10.3. The highest BCUT2D eigenvalue weighted by Crippen LogP contribution is 2.43. The summed E-state index contributed by atoms with van der Waals surface area (Å²) in [6, 6.07) is 9.20. The fraction of sp³-hybridized carbons (Fsp3) is 0.700. The Morgan fingerprint density at radius 1 is 1.24 bits per heavy atom. The number of unbranched alkanes of at least 4 members (excludes halogenated alkanes) is 1. The van der Waals surface area contributed by atoms with Gasteiger partial charge in [0.2, 0.25) is 0 Å². The molecule has 0 radical (unpaired) electrons. The van der Waals surface area contributed by atoms with Gasteiger partial charge in [0.15, 0.2) is 0 Å². The summed E-state index contributed by atoms with van der Waals surface area (Å²) in [6.45, 7) is 5.82. The molecule has 1 N–H and O–H groups in total. The minimum Gasteiger partial charge on any atom is -0.319 e. The smallest absolute Gasteiger partial charge is 0.00831 e. The lowest BCUT2D eigenvalue weighted by atomic mass is 9.65. The van der Waals surface area contributed by atoms with E-state index in [4.69, 9.17) is 0 Å². The first-order valence-corrected chi connectivity index (χ1v) is 8.98. The molecule has 1 aliphatic rings. The fourth-order valence-electron chi connectivity index (χ4n) is 4.31.